The second kappa shape index (κ2) is 24.6. The Morgan fingerprint density at radius 1 is 0.537 bits per heavy atom. The lowest BCUT2D eigenvalue weighted by atomic mass is 9.80. The summed E-state index contributed by atoms with van der Waals surface area (Å²) in [7, 11) is 0. The molecule has 4 rings (SSSR count). The molecule has 0 saturated heterocycles. The molecule has 3 unspecified atom stereocenters. The van der Waals surface area contributed by atoms with Crippen LogP contribution in [0.3, 0.4) is 0 Å². The van der Waals surface area contributed by atoms with Gasteiger partial charge in [-0.15, -0.1) is 0 Å². The van der Waals surface area contributed by atoms with E-state index in [9.17, 15) is 19.2 Å². The maximum absolute atomic E-state index is 12.3. The number of furan rings is 2. The molecule has 2 heterocycles. The first-order valence-electron chi connectivity index (χ1n) is 18.7. The maximum atomic E-state index is 12.3. The van der Waals surface area contributed by atoms with E-state index in [1.807, 2.05) is 36.4 Å². The van der Waals surface area contributed by atoms with Crippen molar-refractivity contribution in [2.75, 3.05) is 13.2 Å². The lowest BCUT2D eigenvalue weighted by molar-refractivity contribution is 0.0377. The van der Waals surface area contributed by atoms with Crippen molar-refractivity contribution < 1.29 is 47.0 Å². The van der Waals surface area contributed by atoms with Crippen LogP contribution < -0.4 is 0 Å². The van der Waals surface area contributed by atoms with Crippen molar-refractivity contribution in [1.29, 1.82) is 0 Å². The Kier molecular flexibility index (Phi) is 19.6. The summed E-state index contributed by atoms with van der Waals surface area (Å²) in [5.74, 6) is 4.76. The number of unbranched alkanes of at least 4 members (excludes halogenated alkanes) is 2. The molecule has 10 heteroatoms. The van der Waals surface area contributed by atoms with Crippen LogP contribution in [0.25, 0.3) is 0 Å². The fourth-order valence-corrected chi connectivity index (χ4v) is 5.61. The van der Waals surface area contributed by atoms with Crippen LogP contribution >= 0.6 is 0 Å². The monoisotopic (exact) mass is 740 g/mol. The average molecular weight is 741 g/mol. The van der Waals surface area contributed by atoms with Crippen molar-refractivity contribution in [3.63, 3.8) is 0 Å². The summed E-state index contributed by atoms with van der Waals surface area (Å²) in [5, 5.41) is 0. The normalized spacial score (nSPS) is 12.7. The number of ether oxygens (including phenoxy) is 4. The van der Waals surface area contributed by atoms with Gasteiger partial charge in [0.25, 0.3) is 0 Å². The standard InChI is InChI=1S/C28H38O4.C16H14O6/c1-3-5-13-23(19-21-31-27(29)25-15-9-7-10-16-25)24(14-6-4-2)20-22-32-28(30)26-17-11-8-12-18-26;1-11(21-15(17)13-5-3-9-19-13)7-8-12(2)22-16(18)14-6-4-10-20-14/h7-12,15-18,23-24H,3-6,13-14,19-22H2,1-2H3;3-6,9-12H,1-2H3/t;11-,12?/m.0/s1. The molecule has 0 aliphatic heterocycles. The van der Waals surface area contributed by atoms with Crippen LogP contribution in [0.5, 0.6) is 0 Å². The molecular weight excluding hydrogens is 688 g/mol. The fraction of sp³-hybridized carbons (Fsp3) is 0.409. The first-order chi connectivity index (χ1) is 26.2. The lowest BCUT2D eigenvalue weighted by Gasteiger charge is -2.27. The summed E-state index contributed by atoms with van der Waals surface area (Å²) in [6, 6.07) is 24.4. The van der Waals surface area contributed by atoms with Gasteiger partial charge in [0, 0.05) is 0 Å². The second-order valence-electron chi connectivity index (χ2n) is 12.7. The van der Waals surface area contributed by atoms with E-state index >= 15 is 0 Å². The van der Waals surface area contributed by atoms with Gasteiger partial charge in [-0.1, -0.05) is 101 Å². The highest BCUT2D eigenvalue weighted by atomic mass is 16.6. The van der Waals surface area contributed by atoms with Gasteiger partial charge in [-0.05, 0) is 87.1 Å². The summed E-state index contributed by atoms with van der Waals surface area (Å²) in [6.45, 7) is 8.47. The third-order valence-electron chi connectivity index (χ3n) is 8.49. The Morgan fingerprint density at radius 3 is 1.26 bits per heavy atom. The first-order valence-corrected chi connectivity index (χ1v) is 18.7. The van der Waals surface area contributed by atoms with E-state index in [4.69, 9.17) is 27.8 Å². The van der Waals surface area contributed by atoms with Crippen molar-refractivity contribution in [2.45, 2.75) is 91.3 Å². The van der Waals surface area contributed by atoms with Crippen LogP contribution in [-0.2, 0) is 18.9 Å². The summed E-state index contributed by atoms with van der Waals surface area (Å²) >= 11 is 0. The predicted octanol–water partition coefficient (Wildman–Crippen LogP) is 9.76. The Bertz CT molecular complexity index is 1580. The zero-order valence-corrected chi connectivity index (χ0v) is 31.7. The summed E-state index contributed by atoms with van der Waals surface area (Å²) in [4.78, 5) is 47.8. The van der Waals surface area contributed by atoms with Crippen molar-refractivity contribution >= 4 is 23.9 Å². The molecule has 0 fully saturated rings. The molecule has 0 aliphatic carbocycles. The van der Waals surface area contributed by atoms with Crippen molar-refractivity contribution in [1.82, 2.24) is 0 Å². The van der Waals surface area contributed by atoms with Crippen LogP contribution in [0.2, 0.25) is 0 Å². The Hall–Kier alpha value is -5.56. The molecule has 0 saturated carbocycles. The number of benzene rings is 2. The first kappa shape index (κ1) is 42.8. The molecule has 2 aromatic carbocycles. The fourth-order valence-electron chi connectivity index (χ4n) is 5.61. The van der Waals surface area contributed by atoms with Gasteiger partial charge in [-0.2, -0.15) is 0 Å². The Labute approximate surface area is 318 Å². The minimum atomic E-state index is -0.664. The summed E-state index contributed by atoms with van der Waals surface area (Å²) in [6.07, 6.45) is 9.94. The smallest absolute Gasteiger partial charge is 0.375 e. The number of esters is 4. The van der Waals surface area contributed by atoms with Gasteiger partial charge in [0.15, 0.2) is 12.2 Å². The molecular formula is C44H52O10. The van der Waals surface area contributed by atoms with Crippen LogP contribution in [0, 0.1) is 23.7 Å². The van der Waals surface area contributed by atoms with E-state index in [0.717, 1.165) is 51.4 Å². The molecule has 0 N–H and O–H groups in total. The average Bonchev–Trinajstić information content (AvgIpc) is 3.94. The summed E-state index contributed by atoms with van der Waals surface area (Å²) in [5.41, 5.74) is 1.18. The minimum absolute atomic E-state index is 0.103. The third-order valence-corrected chi connectivity index (χ3v) is 8.49. The lowest BCUT2D eigenvalue weighted by Crippen LogP contribution is -2.21. The van der Waals surface area contributed by atoms with E-state index < -0.39 is 24.1 Å². The second-order valence-corrected chi connectivity index (χ2v) is 12.7. The highest BCUT2D eigenvalue weighted by molar-refractivity contribution is 5.90. The van der Waals surface area contributed by atoms with E-state index in [0.29, 0.717) is 36.2 Å². The summed E-state index contributed by atoms with van der Waals surface area (Å²) < 4.78 is 31.1. The molecule has 2 aromatic heterocycles. The molecule has 54 heavy (non-hydrogen) atoms. The minimum Gasteiger partial charge on any atom is -0.462 e. The van der Waals surface area contributed by atoms with Gasteiger partial charge >= 0.3 is 23.9 Å². The van der Waals surface area contributed by atoms with Gasteiger partial charge in [-0.3, -0.25) is 0 Å². The van der Waals surface area contributed by atoms with Gasteiger partial charge < -0.3 is 27.8 Å². The Balaban J connectivity index is 0.000000311. The molecule has 10 nitrogen and oxygen atoms in total. The van der Waals surface area contributed by atoms with Gasteiger partial charge in [-0.25, -0.2) is 19.2 Å². The molecule has 0 bridgehead atoms. The molecule has 0 spiro atoms. The molecule has 4 aromatic rings. The zero-order chi connectivity index (χ0) is 39.0. The number of carbonyl (C=O) groups excluding carboxylic acids is 4. The maximum Gasteiger partial charge on any atom is 0.375 e. The van der Waals surface area contributed by atoms with Crippen LogP contribution in [0.4, 0.5) is 0 Å². The van der Waals surface area contributed by atoms with Crippen LogP contribution in [0.15, 0.2) is 106 Å². The SMILES string of the molecule is CC(C#C[C@H](C)OC(=O)c1ccco1)OC(=O)c1ccco1.CCCCC(CCOC(=O)c1ccccc1)C(CCCC)CCOC(=O)c1ccccc1. The highest BCUT2D eigenvalue weighted by Crippen LogP contribution is 2.30. The van der Waals surface area contributed by atoms with E-state index in [2.05, 4.69) is 25.7 Å². The largest absolute Gasteiger partial charge is 0.462 e. The molecule has 0 radical (unpaired) electrons. The van der Waals surface area contributed by atoms with Gasteiger partial charge in [0.1, 0.15) is 0 Å². The van der Waals surface area contributed by atoms with Crippen molar-refractivity contribution in [3.05, 3.63) is 120 Å². The number of hydrogen-bond donors (Lipinski definition) is 0. The van der Waals surface area contributed by atoms with E-state index in [1.54, 1.807) is 50.2 Å². The third kappa shape index (κ3) is 16.0. The highest BCUT2D eigenvalue weighted by Gasteiger charge is 2.22. The Morgan fingerprint density at radius 2 is 0.926 bits per heavy atom. The molecule has 288 valence electrons. The van der Waals surface area contributed by atoms with Crippen molar-refractivity contribution in [3.8, 4) is 11.8 Å². The predicted molar refractivity (Wildman–Crippen MR) is 204 cm³/mol. The number of rotatable bonds is 19. The van der Waals surface area contributed by atoms with Crippen molar-refractivity contribution in [2.24, 2.45) is 11.8 Å². The number of carbonyl (C=O) groups is 4. The molecule has 0 aliphatic rings. The molecule has 4 atom stereocenters. The zero-order valence-electron chi connectivity index (χ0n) is 31.7. The van der Waals surface area contributed by atoms with E-state index in [1.165, 1.54) is 24.7 Å². The van der Waals surface area contributed by atoms with Crippen LogP contribution in [0.1, 0.15) is 121 Å². The molecule has 0 amide bonds. The van der Waals surface area contributed by atoms with Crippen LogP contribution in [-0.4, -0.2) is 49.3 Å². The topological polar surface area (TPSA) is 131 Å². The quantitative estimate of drug-likeness (QED) is 0.0520. The van der Waals surface area contributed by atoms with Gasteiger partial charge in [0.2, 0.25) is 11.5 Å². The number of hydrogen-bond acceptors (Lipinski definition) is 10. The van der Waals surface area contributed by atoms with E-state index in [-0.39, 0.29) is 23.5 Å². The van der Waals surface area contributed by atoms with Gasteiger partial charge in [0.05, 0.1) is 36.9 Å².